The van der Waals surface area contributed by atoms with Gasteiger partial charge in [-0.05, 0) is 32.1 Å². The summed E-state index contributed by atoms with van der Waals surface area (Å²) in [6.45, 7) is 6.62. The van der Waals surface area contributed by atoms with Gasteiger partial charge in [0.15, 0.2) is 0 Å². The number of carbonyl (C=O) groups excluding carboxylic acids is 1. The summed E-state index contributed by atoms with van der Waals surface area (Å²) in [5.74, 6) is 0.239. The fourth-order valence-corrected chi connectivity index (χ4v) is 1.88. The van der Waals surface area contributed by atoms with Gasteiger partial charge in [0, 0.05) is 12.0 Å². The van der Waals surface area contributed by atoms with Crippen molar-refractivity contribution in [2.24, 2.45) is 5.41 Å². The van der Waals surface area contributed by atoms with E-state index in [1.165, 1.54) is 0 Å². The zero-order valence-electron chi connectivity index (χ0n) is 8.44. The molecule has 0 aromatic heterocycles. The highest BCUT2D eigenvalue weighted by atomic mass is 16.2. The van der Waals surface area contributed by atoms with Crippen molar-refractivity contribution in [1.82, 2.24) is 5.32 Å². The minimum Gasteiger partial charge on any atom is -0.356 e. The molecule has 0 aromatic carbocycles. The van der Waals surface area contributed by atoms with E-state index in [2.05, 4.69) is 18.8 Å². The van der Waals surface area contributed by atoms with E-state index in [1.54, 1.807) is 0 Å². The third-order valence-corrected chi connectivity index (χ3v) is 2.88. The van der Waals surface area contributed by atoms with Crippen LogP contribution >= 0.6 is 0 Å². The summed E-state index contributed by atoms with van der Waals surface area (Å²) in [7, 11) is 0. The molecule has 74 valence electrons. The fraction of sp³-hybridized carbons (Fsp3) is 0.727. The summed E-state index contributed by atoms with van der Waals surface area (Å²) < 4.78 is 0. The Morgan fingerprint density at radius 3 is 3.08 bits per heavy atom. The number of nitrogens with one attached hydrogen (secondary N) is 1. The SMILES string of the molecule is C=CCCCC1(C)CCCNC1=O. The van der Waals surface area contributed by atoms with Gasteiger partial charge in [0.25, 0.3) is 0 Å². The van der Waals surface area contributed by atoms with Crippen LogP contribution in [0, 0.1) is 5.41 Å². The van der Waals surface area contributed by atoms with E-state index in [0.717, 1.165) is 38.6 Å². The molecule has 0 saturated carbocycles. The van der Waals surface area contributed by atoms with Crippen LogP contribution in [-0.2, 0) is 4.79 Å². The molecule has 1 unspecified atom stereocenters. The monoisotopic (exact) mass is 181 g/mol. The summed E-state index contributed by atoms with van der Waals surface area (Å²) in [5.41, 5.74) is -0.110. The number of piperidine rings is 1. The Labute approximate surface area is 80.4 Å². The maximum absolute atomic E-state index is 11.6. The van der Waals surface area contributed by atoms with Crippen LogP contribution in [0.5, 0.6) is 0 Å². The number of allylic oxidation sites excluding steroid dienone is 1. The van der Waals surface area contributed by atoms with Crippen LogP contribution in [0.3, 0.4) is 0 Å². The molecule has 0 spiro atoms. The van der Waals surface area contributed by atoms with Crippen LogP contribution in [0.4, 0.5) is 0 Å². The molecule has 1 saturated heterocycles. The average molecular weight is 181 g/mol. The first-order chi connectivity index (χ1) is 6.19. The van der Waals surface area contributed by atoms with Crippen molar-refractivity contribution in [3.8, 4) is 0 Å². The zero-order chi connectivity index (χ0) is 9.73. The van der Waals surface area contributed by atoms with Crippen LogP contribution in [0.1, 0.15) is 39.0 Å². The molecule has 2 heteroatoms. The molecule has 13 heavy (non-hydrogen) atoms. The van der Waals surface area contributed by atoms with E-state index in [1.807, 2.05) is 6.08 Å². The highest BCUT2D eigenvalue weighted by Gasteiger charge is 2.34. The first-order valence-electron chi connectivity index (χ1n) is 5.08. The van der Waals surface area contributed by atoms with Crippen molar-refractivity contribution in [2.75, 3.05) is 6.54 Å². The smallest absolute Gasteiger partial charge is 0.225 e. The number of rotatable bonds is 4. The van der Waals surface area contributed by atoms with Crippen LogP contribution in [0.15, 0.2) is 12.7 Å². The Balaban J connectivity index is 2.42. The number of hydrogen-bond donors (Lipinski definition) is 1. The molecule has 0 aliphatic carbocycles. The van der Waals surface area contributed by atoms with Crippen molar-refractivity contribution < 1.29 is 4.79 Å². The maximum atomic E-state index is 11.6. The van der Waals surface area contributed by atoms with Crippen LogP contribution in [0.2, 0.25) is 0 Å². The van der Waals surface area contributed by atoms with Crippen molar-refractivity contribution >= 4 is 5.91 Å². The fourth-order valence-electron chi connectivity index (χ4n) is 1.88. The molecule has 1 atom stereocenters. The van der Waals surface area contributed by atoms with Gasteiger partial charge in [-0.15, -0.1) is 6.58 Å². The van der Waals surface area contributed by atoms with Gasteiger partial charge >= 0.3 is 0 Å². The van der Waals surface area contributed by atoms with Crippen LogP contribution < -0.4 is 5.32 Å². The first-order valence-corrected chi connectivity index (χ1v) is 5.08. The summed E-state index contributed by atoms with van der Waals surface area (Å²) in [4.78, 5) is 11.6. The second kappa shape index (κ2) is 4.45. The summed E-state index contributed by atoms with van der Waals surface area (Å²) in [5, 5.41) is 2.93. The molecule has 1 amide bonds. The van der Waals surface area contributed by atoms with E-state index < -0.39 is 0 Å². The molecule has 0 bridgehead atoms. The maximum Gasteiger partial charge on any atom is 0.225 e. The van der Waals surface area contributed by atoms with E-state index >= 15 is 0 Å². The lowest BCUT2D eigenvalue weighted by Crippen LogP contribution is -2.43. The molecule has 1 fully saturated rings. The van der Waals surface area contributed by atoms with Crippen molar-refractivity contribution in [3.05, 3.63) is 12.7 Å². The Kier molecular flexibility index (Phi) is 3.52. The molecule has 1 heterocycles. The van der Waals surface area contributed by atoms with Gasteiger partial charge in [-0.3, -0.25) is 4.79 Å². The normalized spacial score (nSPS) is 28.2. The lowest BCUT2D eigenvalue weighted by molar-refractivity contribution is -0.132. The second-order valence-corrected chi connectivity index (χ2v) is 4.10. The lowest BCUT2D eigenvalue weighted by Gasteiger charge is -2.32. The molecule has 1 N–H and O–H groups in total. The summed E-state index contributed by atoms with van der Waals surface area (Å²) >= 11 is 0. The lowest BCUT2D eigenvalue weighted by atomic mass is 9.78. The predicted molar refractivity (Wildman–Crippen MR) is 54.4 cm³/mol. The zero-order valence-corrected chi connectivity index (χ0v) is 8.44. The van der Waals surface area contributed by atoms with Gasteiger partial charge in [-0.2, -0.15) is 0 Å². The molecule has 2 nitrogen and oxygen atoms in total. The second-order valence-electron chi connectivity index (χ2n) is 4.10. The van der Waals surface area contributed by atoms with Crippen LogP contribution in [-0.4, -0.2) is 12.5 Å². The molecule has 0 radical (unpaired) electrons. The molecule has 1 aliphatic rings. The Hall–Kier alpha value is -0.790. The largest absolute Gasteiger partial charge is 0.356 e. The first kappa shape index (κ1) is 10.3. The van der Waals surface area contributed by atoms with Crippen molar-refractivity contribution in [3.63, 3.8) is 0 Å². The van der Waals surface area contributed by atoms with Crippen molar-refractivity contribution in [1.29, 1.82) is 0 Å². The van der Waals surface area contributed by atoms with Gasteiger partial charge in [-0.1, -0.05) is 13.0 Å². The minimum absolute atomic E-state index is 0.110. The van der Waals surface area contributed by atoms with E-state index in [4.69, 9.17) is 0 Å². The number of hydrogen-bond acceptors (Lipinski definition) is 1. The van der Waals surface area contributed by atoms with Gasteiger partial charge in [0.2, 0.25) is 5.91 Å². The Morgan fingerprint density at radius 2 is 2.46 bits per heavy atom. The molecular formula is C11H19NO. The number of unbranched alkanes of at least 4 members (excludes halogenated alkanes) is 1. The standard InChI is InChI=1S/C11H19NO/c1-3-4-5-7-11(2)8-6-9-12-10(11)13/h3H,1,4-9H2,2H3,(H,12,13). The van der Waals surface area contributed by atoms with Gasteiger partial charge in [0.05, 0.1) is 0 Å². The Bertz CT molecular complexity index is 200. The summed E-state index contributed by atoms with van der Waals surface area (Å²) in [6.07, 6.45) is 7.16. The minimum atomic E-state index is -0.110. The average Bonchev–Trinajstić information content (AvgIpc) is 2.11. The van der Waals surface area contributed by atoms with E-state index in [-0.39, 0.29) is 11.3 Å². The van der Waals surface area contributed by atoms with Gasteiger partial charge < -0.3 is 5.32 Å². The highest BCUT2D eigenvalue weighted by Crippen LogP contribution is 2.32. The topological polar surface area (TPSA) is 29.1 Å². The summed E-state index contributed by atoms with van der Waals surface area (Å²) in [6, 6.07) is 0. The predicted octanol–water partition coefficient (Wildman–Crippen LogP) is 2.26. The van der Waals surface area contributed by atoms with E-state index in [9.17, 15) is 4.79 Å². The number of amides is 1. The molecule has 1 aliphatic heterocycles. The molecular weight excluding hydrogens is 162 g/mol. The highest BCUT2D eigenvalue weighted by molar-refractivity contribution is 5.82. The van der Waals surface area contributed by atoms with Crippen molar-refractivity contribution in [2.45, 2.75) is 39.0 Å². The number of carbonyl (C=O) groups is 1. The van der Waals surface area contributed by atoms with E-state index in [0.29, 0.717) is 0 Å². The third kappa shape index (κ3) is 2.58. The van der Waals surface area contributed by atoms with Gasteiger partial charge in [-0.25, -0.2) is 0 Å². The Morgan fingerprint density at radius 1 is 1.69 bits per heavy atom. The molecule has 0 aromatic rings. The molecule has 1 rings (SSSR count). The van der Waals surface area contributed by atoms with Crippen LogP contribution in [0.25, 0.3) is 0 Å². The third-order valence-electron chi connectivity index (χ3n) is 2.88. The van der Waals surface area contributed by atoms with Gasteiger partial charge in [0.1, 0.15) is 0 Å². The quantitative estimate of drug-likeness (QED) is 0.523.